The van der Waals surface area contributed by atoms with Crippen LogP contribution in [0.3, 0.4) is 0 Å². The minimum absolute atomic E-state index is 0.179. The molecule has 0 radical (unpaired) electrons. The predicted octanol–water partition coefficient (Wildman–Crippen LogP) is 1.83. The van der Waals surface area contributed by atoms with Gasteiger partial charge in [-0.2, -0.15) is 0 Å². The lowest BCUT2D eigenvalue weighted by Crippen LogP contribution is -2.29. The first-order valence-electron chi connectivity index (χ1n) is 4.92. The summed E-state index contributed by atoms with van der Waals surface area (Å²) in [6.45, 7) is 7.01. The number of carboxylic acid groups (broad SMARTS) is 1. The average molecular weight is 187 g/mol. The molecule has 0 saturated carbocycles. The van der Waals surface area contributed by atoms with E-state index >= 15 is 0 Å². The van der Waals surface area contributed by atoms with Crippen LogP contribution < -0.4 is 0 Å². The topological polar surface area (TPSA) is 40.5 Å². The van der Waals surface area contributed by atoms with Crippen molar-refractivity contribution in [2.24, 2.45) is 5.92 Å². The molecule has 3 nitrogen and oxygen atoms in total. The van der Waals surface area contributed by atoms with Crippen LogP contribution in [-0.2, 0) is 4.79 Å². The Hall–Kier alpha value is -0.570. The first-order valence-corrected chi connectivity index (χ1v) is 4.92. The zero-order chi connectivity index (χ0) is 10.4. The normalized spacial score (nSPS) is 13.7. The molecule has 13 heavy (non-hydrogen) atoms. The maximum Gasteiger partial charge on any atom is 0.306 e. The molecule has 0 amide bonds. The SMILES string of the molecule is CCC(CCN(C)C(C)C)C(=O)O. The minimum atomic E-state index is -0.667. The molecule has 1 N–H and O–H groups in total. The summed E-state index contributed by atoms with van der Waals surface area (Å²) in [5, 5.41) is 8.81. The van der Waals surface area contributed by atoms with Gasteiger partial charge in [-0.15, -0.1) is 0 Å². The second-order valence-corrected chi connectivity index (χ2v) is 3.81. The fourth-order valence-electron chi connectivity index (χ4n) is 1.12. The Labute approximate surface area is 80.7 Å². The van der Waals surface area contributed by atoms with E-state index < -0.39 is 5.97 Å². The van der Waals surface area contributed by atoms with E-state index in [9.17, 15) is 4.79 Å². The van der Waals surface area contributed by atoms with Crippen LogP contribution >= 0.6 is 0 Å². The maximum atomic E-state index is 10.7. The molecule has 0 aromatic rings. The molecule has 0 spiro atoms. The van der Waals surface area contributed by atoms with Crippen LogP contribution in [0.2, 0.25) is 0 Å². The first-order chi connectivity index (χ1) is 5.99. The fraction of sp³-hybridized carbons (Fsp3) is 0.900. The smallest absolute Gasteiger partial charge is 0.306 e. The molecule has 0 aliphatic heterocycles. The highest BCUT2D eigenvalue weighted by Crippen LogP contribution is 2.09. The van der Waals surface area contributed by atoms with Gasteiger partial charge in [0.15, 0.2) is 0 Å². The van der Waals surface area contributed by atoms with Gasteiger partial charge in [-0.1, -0.05) is 6.92 Å². The van der Waals surface area contributed by atoms with Gasteiger partial charge in [0.25, 0.3) is 0 Å². The maximum absolute atomic E-state index is 10.7. The van der Waals surface area contributed by atoms with Crippen LogP contribution in [0.5, 0.6) is 0 Å². The van der Waals surface area contributed by atoms with E-state index in [4.69, 9.17) is 5.11 Å². The quantitative estimate of drug-likeness (QED) is 0.689. The molecule has 0 aromatic heterocycles. The van der Waals surface area contributed by atoms with E-state index in [0.29, 0.717) is 6.04 Å². The van der Waals surface area contributed by atoms with Crippen molar-refractivity contribution in [2.75, 3.05) is 13.6 Å². The van der Waals surface area contributed by atoms with Gasteiger partial charge in [-0.05, 0) is 40.3 Å². The number of carbonyl (C=O) groups is 1. The third-order valence-corrected chi connectivity index (χ3v) is 2.55. The lowest BCUT2D eigenvalue weighted by Gasteiger charge is -2.22. The van der Waals surface area contributed by atoms with Crippen LogP contribution in [0.4, 0.5) is 0 Å². The summed E-state index contributed by atoms with van der Waals surface area (Å²) in [4.78, 5) is 12.9. The molecular weight excluding hydrogens is 166 g/mol. The van der Waals surface area contributed by atoms with Gasteiger partial charge >= 0.3 is 5.97 Å². The lowest BCUT2D eigenvalue weighted by molar-refractivity contribution is -0.142. The predicted molar refractivity (Wildman–Crippen MR) is 53.8 cm³/mol. The largest absolute Gasteiger partial charge is 0.481 e. The van der Waals surface area contributed by atoms with Crippen LogP contribution in [0.25, 0.3) is 0 Å². The van der Waals surface area contributed by atoms with E-state index in [2.05, 4.69) is 18.7 Å². The number of nitrogens with zero attached hydrogens (tertiary/aromatic N) is 1. The van der Waals surface area contributed by atoms with Crippen molar-refractivity contribution in [3.05, 3.63) is 0 Å². The van der Waals surface area contributed by atoms with E-state index in [-0.39, 0.29) is 5.92 Å². The number of rotatable bonds is 6. The molecule has 3 heteroatoms. The van der Waals surface area contributed by atoms with Gasteiger partial charge in [0.05, 0.1) is 5.92 Å². The van der Waals surface area contributed by atoms with Crippen molar-refractivity contribution in [3.8, 4) is 0 Å². The van der Waals surface area contributed by atoms with Gasteiger partial charge in [-0.25, -0.2) is 0 Å². The Morgan fingerprint density at radius 3 is 2.31 bits per heavy atom. The van der Waals surface area contributed by atoms with E-state index in [0.717, 1.165) is 19.4 Å². The molecule has 1 atom stereocenters. The lowest BCUT2D eigenvalue weighted by atomic mass is 10.0. The van der Waals surface area contributed by atoms with Crippen molar-refractivity contribution in [2.45, 2.75) is 39.7 Å². The van der Waals surface area contributed by atoms with Crippen molar-refractivity contribution in [1.82, 2.24) is 4.90 Å². The summed E-state index contributed by atoms with van der Waals surface area (Å²) >= 11 is 0. The van der Waals surface area contributed by atoms with Crippen molar-refractivity contribution < 1.29 is 9.90 Å². The monoisotopic (exact) mass is 187 g/mol. The number of carboxylic acids is 1. The first kappa shape index (κ1) is 12.4. The zero-order valence-electron chi connectivity index (χ0n) is 9.08. The molecule has 0 aliphatic rings. The molecule has 1 unspecified atom stereocenters. The molecule has 0 aliphatic carbocycles. The Morgan fingerprint density at radius 2 is 2.00 bits per heavy atom. The molecule has 78 valence electrons. The summed E-state index contributed by atoms with van der Waals surface area (Å²) in [5.74, 6) is -0.846. The van der Waals surface area contributed by atoms with Crippen molar-refractivity contribution >= 4 is 5.97 Å². The van der Waals surface area contributed by atoms with Crippen molar-refractivity contribution in [1.29, 1.82) is 0 Å². The van der Waals surface area contributed by atoms with Crippen LogP contribution in [0.1, 0.15) is 33.6 Å². The number of aliphatic carboxylic acids is 1. The number of hydrogen-bond donors (Lipinski definition) is 1. The molecular formula is C10H21NO2. The minimum Gasteiger partial charge on any atom is -0.481 e. The molecule has 0 aromatic carbocycles. The Balaban J connectivity index is 3.78. The molecule has 0 fully saturated rings. The van der Waals surface area contributed by atoms with Crippen molar-refractivity contribution in [3.63, 3.8) is 0 Å². The van der Waals surface area contributed by atoms with Gasteiger partial charge in [-0.3, -0.25) is 4.79 Å². The van der Waals surface area contributed by atoms with E-state index in [1.54, 1.807) is 0 Å². The second kappa shape index (κ2) is 5.97. The fourth-order valence-corrected chi connectivity index (χ4v) is 1.12. The van der Waals surface area contributed by atoms with Crippen LogP contribution in [-0.4, -0.2) is 35.6 Å². The summed E-state index contributed by atoms with van der Waals surface area (Å²) in [5.41, 5.74) is 0. The average Bonchev–Trinajstić information content (AvgIpc) is 2.04. The molecule has 0 rings (SSSR count). The van der Waals surface area contributed by atoms with Gasteiger partial charge < -0.3 is 10.0 Å². The summed E-state index contributed by atoms with van der Waals surface area (Å²) in [6.07, 6.45) is 1.47. The van der Waals surface area contributed by atoms with Crippen LogP contribution in [0.15, 0.2) is 0 Å². The summed E-state index contributed by atoms with van der Waals surface area (Å²) < 4.78 is 0. The Bertz CT molecular complexity index is 157. The van der Waals surface area contributed by atoms with E-state index in [1.807, 2.05) is 14.0 Å². The van der Waals surface area contributed by atoms with E-state index in [1.165, 1.54) is 0 Å². The highest BCUT2D eigenvalue weighted by atomic mass is 16.4. The third kappa shape index (κ3) is 4.88. The van der Waals surface area contributed by atoms with Crippen LogP contribution in [0, 0.1) is 5.92 Å². The second-order valence-electron chi connectivity index (χ2n) is 3.81. The van der Waals surface area contributed by atoms with Gasteiger partial charge in [0.2, 0.25) is 0 Å². The number of hydrogen-bond acceptors (Lipinski definition) is 2. The Kier molecular flexibility index (Phi) is 5.71. The summed E-state index contributed by atoms with van der Waals surface area (Å²) in [6, 6.07) is 0.492. The third-order valence-electron chi connectivity index (χ3n) is 2.55. The van der Waals surface area contributed by atoms with Gasteiger partial charge in [0, 0.05) is 6.04 Å². The Morgan fingerprint density at radius 1 is 1.46 bits per heavy atom. The summed E-state index contributed by atoms with van der Waals surface area (Å²) in [7, 11) is 2.03. The standard InChI is InChI=1S/C10H21NO2/c1-5-9(10(12)13)6-7-11(4)8(2)3/h8-9H,5-7H2,1-4H3,(H,12,13). The highest BCUT2D eigenvalue weighted by Gasteiger charge is 2.15. The highest BCUT2D eigenvalue weighted by molar-refractivity contribution is 5.69. The molecule has 0 bridgehead atoms. The molecule has 0 saturated heterocycles. The molecule has 0 heterocycles. The zero-order valence-corrected chi connectivity index (χ0v) is 9.08. The van der Waals surface area contributed by atoms with Gasteiger partial charge in [0.1, 0.15) is 0 Å².